The van der Waals surface area contributed by atoms with Crippen molar-refractivity contribution < 1.29 is 27.5 Å². The summed E-state index contributed by atoms with van der Waals surface area (Å²) >= 11 is 0. The first-order valence-electron chi connectivity index (χ1n) is 10.2. The second-order valence-corrected chi connectivity index (χ2v) is 8.97. The van der Waals surface area contributed by atoms with Crippen molar-refractivity contribution in [2.24, 2.45) is 5.92 Å². The summed E-state index contributed by atoms with van der Waals surface area (Å²) in [5.74, 6) is -3.17. The van der Waals surface area contributed by atoms with Crippen LogP contribution >= 0.6 is 0 Å². The third-order valence-corrected chi connectivity index (χ3v) is 5.46. The van der Waals surface area contributed by atoms with Crippen molar-refractivity contribution in [1.82, 2.24) is 15.5 Å². The predicted molar refractivity (Wildman–Crippen MR) is 104 cm³/mol. The summed E-state index contributed by atoms with van der Waals surface area (Å²) in [6, 6.07) is 0.498. The summed E-state index contributed by atoms with van der Waals surface area (Å²) in [7, 11) is 0. The molecule has 2 heterocycles. The largest absolute Gasteiger partial charge is 0.444 e. The van der Waals surface area contributed by atoms with Gasteiger partial charge in [0, 0.05) is 44.2 Å². The van der Waals surface area contributed by atoms with E-state index in [-0.39, 0.29) is 30.4 Å². The van der Waals surface area contributed by atoms with Crippen LogP contribution in [0.5, 0.6) is 0 Å². The molecule has 2 aliphatic rings. The van der Waals surface area contributed by atoms with Crippen molar-refractivity contribution in [1.29, 1.82) is 0 Å². The zero-order chi connectivity index (χ0) is 22.1. The molecule has 0 radical (unpaired) electrons. The van der Waals surface area contributed by atoms with Gasteiger partial charge >= 0.3 is 6.09 Å². The van der Waals surface area contributed by atoms with Gasteiger partial charge in [-0.05, 0) is 51.2 Å². The van der Waals surface area contributed by atoms with E-state index in [1.54, 1.807) is 25.7 Å². The van der Waals surface area contributed by atoms with Crippen LogP contribution in [0.2, 0.25) is 0 Å². The molecule has 0 saturated carbocycles. The van der Waals surface area contributed by atoms with Crippen LogP contribution in [0.3, 0.4) is 0 Å². The van der Waals surface area contributed by atoms with E-state index < -0.39 is 35.2 Å². The molecule has 2 amide bonds. The summed E-state index contributed by atoms with van der Waals surface area (Å²) in [6.45, 7) is 7.30. The average molecular weight is 427 g/mol. The van der Waals surface area contributed by atoms with Crippen LogP contribution < -0.4 is 10.6 Å². The Bertz CT molecular complexity index is 813. The van der Waals surface area contributed by atoms with E-state index in [0.717, 1.165) is 25.6 Å². The summed E-state index contributed by atoms with van der Waals surface area (Å²) in [6.07, 6.45) is -0.120. The number of hydrogen-bond acceptors (Lipinski definition) is 4. The molecule has 0 aromatic heterocycles. The van der Waals surface area contributed by atoms with Gasteiger partial charge < -0.3 is 20.3 Å². The van der Waals surface area contributed by atoms with Gasteiger partial charge in [-0.2, -0.15) is 0 Å². The first-order chi connectivity index (χ1) is 14.0. The molecule has 3 unspecified atom stereocenters. The minimum Gasteiger partial charge on any atom is -0.444 e. The quantitative estimate of drug-likeness (QED) is 0.709. The van der Waals surface area contributed by atoms with Gasteiger partial charge in [0.1, 0.15) is 11.4 Å². The maximum atomic E-state index is 14.2. The van der Waals surface area contributed by atoms with Crippen molar-refractivity contribution in [2.75, 3.05) is 19.6 Å². The Kier molecular flexibility index (Phi) is 6.59. The maximum absolute atomic E-state index is 14.2. The van der Waals surface area contributed by atoms with Crippen molar-refractivity contribution in [3.05, 3.63) is 35.1 Å². The van der Waals surface area contributed by atoms with Crippen LogP contribution in [-0.2, 0) is 16.0 Å². The lowest BCUT2D eigenvalue weighted by molar-refractivity contribution is -0.132. The lowest BCUT2D eigenvalue weighted by Gasteiger charge is -2.27. The first kappa shape index (κ1) is 22.4. The molecular weight excluding hydrogens is 399 g/mol. The van der Waals surface area contributed by atoms with E-state index in [9.17, 15) is 22.8 Å². The molecule has 0 bridgehead atoms. The van der Waals surface area contributed by atoms with Crippen molar-refractivity contribution in [3.8, 4) is 0 Å². The normalized spacial score (nSPS) is 22.0. The van der Waals surface area contributed by atoms with Gasteiger partial charge in [-0.1, -0.05) is 0 Å². The number of hydrogen-bond donors (Lipinski definition) is 2. The summed E-state index contributed by atoms with van der Waals surface area (Å²) in [4.78, 5) is 27.0. The number of fused-ring (bicyclic) bond motifs is 1. The number of likely N-dealkylation sites (tertiary alicyclic amines) is 1. The highest BCUT2D eigenvalue weighted by atomic mass is 19.2. The monoisotopic (exact) mass is 427 g/mol. The molecule has 9 heteroatoms. The van der Waals surface area contributed by atoms with Gasteiger partial charge in [0.05, 0.1) is 0 Å². The summed E-state index contributed by atoms with van der Waals surface area (Å²) < 4.78 is 46.3. The fourth-order valence-corrected chi connectivity index (χ4v) is 4.12. The minimum atomic E-state index is -1.29. The Morgan fingerprint density at radius 3 is 2.60 bits per heavy atom. The number of amides is 2. The Morgan fingerprint density at radius 1 is 1.20 bits per heavy atom. The third-order valence-electron chi connectivity index (χ3n) is 5.46. The van der Waals surface area contributed by atoms with Crippen LogP contribution in [0.4, 0.5) is 18.0 Å². The average Bonchev–Trinajstić information content (AvgIpc) is 3.21. The number of nitrogens with one attached hydrogen (secondary N) is 2. The van der Waals surface area contributed by atoms with Crippen molar-refractivity contribution in [3.63, 3.8) is 0 Å². The molecule has 2 fully saturated rings. The number of carbonyl (C=O) groups is 2. The lowest BCUT2D eigenvalue weighted by Crippen LogP contribution is -2.46. The Hall–Kier alpha value is -2.29. The van der Waals surface area contributed by atoms with Crippen LogP contribution in [0.25, 0.3) is 0 Å². The Balaban J connectivity index is 1.74. The molecule has 166 valence electrons. The molecule has 1 aromatic carbocycles. The second-order valence-electron chi connectivity index (χ2n) is 8.97. The number of rotatable bonds is 5. The van der Waals surface area contributed by atoms with Gasteiger partial charge in [0.15, 0.2) is 11.6 Å². The molecule has 30 heavy (non-hydrogen) atoms. The van der Waals surface area contributed by atoms with Crippen molar-refractivity contribution in [2.45, 2.75) is 57.7 Å². The number of nitrogens with zero attached hydrogens (tertiary/aromatic N) is 1. The number of ether oxygens (including phenoxy) is 1. The highest BCUT2D eigenvalue weighted by Gasteiger charge is 2.40. The van der Waals surface area contributed by atoms with E-state index >= 15 is 0 Å². The maximum Gasteiger partial charge on any atom is 0.407 e. The zero-order valence-corrected chi connectivity index (χ0v) is 17.4. The molecule has 2 N–H and O–H groups in total. The van der Waals surface area contributed by atoms with E-state index in [2.05, 4.69) is 10.6 Å². The van der Waals surface area contributed by atoms with Gasteiger partial charge in [-0.25, -0.2) is 18.0 Å². The third kappa shape index (κ3) is 5.44. The molecule has 0 aliphatic carbocycles. The summed E-state index contributed by atoms with van der Waals surface area (Å²) in [5.41, 5.74) is -0.881. The number of halogens is 3. The van der Waals surface area contributed by atoms with Gasteiger partial charge in [0.25, 0.3) is 0 Å². The fourth-order valence-electron chi connectivity index (χ4n) is 4.12. The molecular formula is C21H28F3N3O3. The van der Waals surface area contributed by atoms with Crippen LogP contribution in [0.1, 0.15) is 39.2 Å². The standard InChI is InChI=1S/C21H28F3N3O3/c1-21(2,3)30-20(29)26-14(6-13-7-16(23)17(24)9-15(13)22)8-19(28)27-5-4-12-10-25-11-18(12)27/h7,9,12,14,18,25H,4-6,8,10-11H2,1-3H3,(H,26,29). The summed E-state index contributed by atoms with van der Waals surface area (Å²) in [5, 5.41) is 5.86. The zero-order valence-electron chi connectivity index (χ0n) is 17.4. The molecule has 3 atom stereocenters. The molecule has 2 saturated heterocycles. The molecule has 6 nitrogen and oxygen atoms in total. The van der Waals surface area contributed by atoms with Gasteiger partial charge in [-0.3, -0.25) is 4.79 Å². The van der Waals surface area contributed by atoms with Crippen molar-refractivity contribution >= 4 is 12.0 Å². The number of carbonyl (C=O) groups excluding carboxylic acids is 2. The van der Waals surface area contributed by atoms with Crippen LogP contribution in [0.15, 0.2) is 12.1 Å². The van der Waals surface area contributed by atoms with Crippen LogP contribution in [0, 0.1) is 23.4 Å². The molecule has 2 aliphatic heterocycles. The van der Waals surface area contributed by atoms with E-state index in [4.69, 9.17) is 4.74 Å². The molecule has 3 rings (SSSR count). The minimum absolute atomic E-state index is 0.0963. The first-order valence-corrected chi connectivity index (χ1v) is 10.2. The highest BCUT2D eigenvalue weighted by Crippen LogP contribution is 2.28. The Morgan fingerprint density at radius 2 is 1.90 bits per heavy atom. The highest BCUT2D eigenvalue weighted by molar-refractivity contribution is 5.78. The SMILES string of the molecule is CC(C)(C)OC(=O)NC(CC(=O)N1CCC2CNCC21)Cc1cc(F)c(F)cc1F. The van der Waals surface area contributed by atoms with E-state index in [1.807, 2.05) is 0 Å². The number of alkyl carbamates (subject to hydrolysis) is 1. The molecule has 1 aromatic rings. The van der Waals surface area contributed by atoms with Crippen LogP contribution in [-0.4, -0.2) is 54.2 Å². The van der Waals surface area contributed by atoms with E-state index in [1.165, 1.54) is 0 Å². The smallest absolute Gasteiger partial charge is 0.407 e. The Labute approximate surface area is 174 Å². The van der Waals surface area contributed by atoms with E-state index in [0.29, 0.717) is 18.5 Å². The predicted octanol–water partition coefficient (Wildman–Crippen LogP) is 2.75. The lowest BCUT2D eigenvalue weighted by atomic mass is 10.0. The number of benzene rings is 1. The second kappa shape index (κ2) is 8.83. The van der Waals surface area contributed by atoms with Gasteiger partial charge in [0.2, 0.25) is 5.91 Å². The van der Waals surface area contributed by atoms with Gasteiger partial charge in [-0.15, -0.1) is 0 Å². The topological polar surface area (TPSA) is 70.7 Å². The molecule has 0 spiro atoms. The fraction of sp³-hybridized carbons (Fsp3) is 0.619.